The Morgan fingerprint density at radius 3 is 2.68 bits per heavy atom. The van der Waals surface area contributed by atoms with Gasteiger partial charge < -0.3 is 15.4 Å². The normalized spacial score (nSPS) is 13.7. The number of methoxy groups -OCH3 is 1. The van der Waals surface area contributed by atoms with Crippen molar-refractivity contribution >= 4 is 11.9 Å². The van der Waals surface area contributed by atoms with Gasteiger partial charge in [0.1, 0.15) is 6.04 Å². The molecule has 1 aromatic rings. The summed E-state index contributed by atoms with van der Waals surface area (Å²) in [5.41, 5.74) is 6.52. The van der Waals surface area contributed by atoms with Crippen LogP contribution in [0.4, 0.5) is 0 Å². The molecular weight excluding hydrogens is 248 g/mol. The smallest absolute Gasteiger partial charge is 0.310 e. The first-order valence-electron chi connectivity index (χ1n) is 5.93. The van der Waals surface area contributed by atoms with Crippen molar-refractivity contribution in [3.63, 3.8) is 0 Å². The van der Waals surface area contributed by atoms with Gasteiger partial charge in [0, 0.05) is 32.4 Å². The van der Waals surface area contributed by atoms with E-state index >= 15 is 0 Å². The summed E-state index contributed by atoms with van der Waals surface area (Å²) >= 11 is 0. The molecule has 1 amide bonds. The first-order chi connectivity index (χ1) is 8.86. The molecule has 1 rings (SSSR count). The topological polar surface area (TPSA) is 90.4 Å². The monoisotopic (exact) mass is 268 g/mol. The van der Waals surface area contributed by atoms with E-state index < -0.39 is 6.04 Å². The quantitative estimate of drug-likeness (QED) is 0.740. The summed E-state index contributed by atoms with van der Waals surface area (Å²) in [4.78, 5) is 24.8. The van der Waals surface area contributed by atoms with Crippen LogP contribution in [0.15, 0.2) is 12.4 Å². The first kappa shape index (κ1) is 15.2. The predicted molar refractivity (Wildman–Crippen MR) is 69.0 cm³/mol. The van der Waals surface area contributed by atoms with Crippen LogP contribution in [0.2, 0.25) is 0 Å². The predicted octanol–water partition coefficient (Wildman–Crippen LogP) is -0.313. The molecule has 0 radical (unpaired) electrons. The summed E-state index contributed by atoms with van der Waals surface area (Å²) in [7, 11) is 4.68. The van der Waals surface area contributed by atoms with Gasteiger partial charge >= 0.3 is 5.97 Å². The molecule has 1 aromatic heterocycles. The zero-order valence-corrected chi connectivity index (χ0v) is 11.7. The zero-order chi connectivity index (χ0) is 14.6. The maximum atomic E-state index is 12.1. The average Bonchev–Trinajstić information content (AvgIpc) is 2.82. The van der Waals surface area contributed by atoms with Crippen LogP contribution in [0.5, 0.6) is 0 Å². The third-order valence-corrected chi connectivity index (χ3v) is 2.88. The maximum Gasteiger partial charge on any atom is 0.310 e. The van der Waals surface area contributed by atoms with Crippen LogP contribution in [0, 0.1) is 5.92 Å². The number of aryl methyl sites for hydroxylation is 1. The first-order valence-corrected chi connectivity index (χ1v) is 5.93. The SMILES string of the molecule is COC(=O)C(C)CN(C)C(=O)C(N)c1cnn(C)c1. The summed E-state index contributed by atoms with van der Waals surface area (Å²) in [6.07, 6.45) is 3.25. The molecule has 0 aliphatic heterocycles. The lowest BCUT2D eigenvalue weighted by Crippen LogP contribution is -2.39. The molecule has 7 heteroatoms. The minimum atomic E-state index is -0.774. The molecule has 0 saturated carbocycles. The van der Waals surface area contributed by atoms with E-state index in [1.54, 1.807) is 38.1 Å². The van der Waals surface area contributed by atoms with Gasteiger partial charge in [-0.3, -0.25) is 14.3 Å². The van der Waals surface area contributed by atoms with E-state index in [1.165, 1.54) is 12.0 Å². The summed E-state index contributed by atoms with van der Waals surface area (Å²) in [5.74, 6) is -1.00. The molecule has 7 nitrogen and oxygen atoms in total. The third kappa shape index (κ3) is 3.78. The highest BCUT2D eigenvalue weighted by Crippen LogP contribution is 2.12. The number of nitrogens with two attached hydrogens (primary N) is 1. The number of esters is 1. The average molecular weight is 268 g/mol. The molecule has 2 N–H and O–H groups in total. The van der Waals surface area contributed by atoms with Gasteiger partial charge in [0.25, 0.3) is 0 Å². The fourth-order valence-corrected chi connectivity index (χ4v) is 1.76. The van der Waals surface area contributed by atoms with Gasteiger partial charge in [0.05, 0.1) is 19.2 Å². The second-order valence-corrected chi connectivity index (χ2v) is 4.57. The lowest BCUT2D eigenvalue weighted by Gasteiger charge is -2.23. The number of amides is 1. The summed E-state index contributed by atoms with van der Waals surface area (Å²) in [6, 6.07) is -0.774. The number of aromatic nitrogens is 2. The molecule has 2 atom stereocenters. The number of carbonyl (C=O) groups is 2. The Morgan fingerprint density at radius 1 is 1.58 bits per heavy atom. The molecule has 0 aromatic carbocycles. The van der Waals surface area contributed by atoms with Gasteiger partial charge in [-0.25, -0.2) is 0 Å². The standard InChI is InChI=1S/C12H20N4O3/c1-8(12(18)19-4)6-15(2)11(17)10(13)9-5-14-16(3)7-9/h5,7-8,10H,6,13H2,1-4H3. The fraction of sp³-hybridized carbons (Fsp3) is 0.583. The Kier molecular flexibility index (Phi) is 5.05. The van der Waals surface area contributed by atoms with Gasteiger partial charge in [0.2, 0.25) is 5.91 Å². The number of rotatable bonds is 5. The highest BCUT2D eigenvalue weighted by molar-refractivity contribution is 5.83. The van der Waals surface area contributed by atoms with E-state index in [4.69, 9.17) is 5.73 Å². The van der Waals surface area contributed by atoms with Gasteiger partial charge in [0.15, 0.2) is 0 Å². The molecule has 0 saturated heterocycles. The summed E-state index contributed by atoms with van der Waals surface area (Å²) < 4.78 is 6.20. The van der Waals surface area contributed by atoms with E-state index in [2.05, 4.69) is 9.84 Å². The zero-order valence-electron chi connectivity index (χ0n) is 11.7. The summed E-state index contributed by atoms with van der Waals surface area (Å²) in [6.45, 7) is 1.96. The number of carbonyl (C=O) groups excluding carboxylic acids is 2. The van der Waals surface area contributed by atoms with Crippen LogP contribution >= 0.6 is 0 Å². The number of likely N-dealkylation sites (N-methyl/N-ethyl adjacent to an activating group) is 1. The number of hydrogen-bond acceptors (Lipinski definition) is 5. The Hall–Kier alpha value is -1.89. The molecule has 0 aliphatic rings. The van der Waals surface area contributed by atoms with Crippen LogP contribution in [-0.2, 0) is 21.4 Å². The molecule has 0 bridgehead atoms. The third-order valence-electron chi connectivity index (χ3n) is 2.88. The Labute approximate surface area is 112 Å². The molecule has 19 heavy (non-hydrogen) atoms. The number of hydrogen-bond donors (Lipinski definition) is 1. The van der Waals surface area contributed by atoms with Crippen molar-refractivity contribution in [1.29, 1.82) is 0 Å². The van der Waals surface area contributed by atoms with Crippen LogP contribution in [0.25, 0.3) is 0 Å². The Morgan fingerprint density at radius 2 is 2.21 bits per heavy atom. The molecule has 0 fully saturated rings. The van der Waals surface area contributed by atoms with Crippen molar-refractivity contribution in [1.82, 2.24) is 14.7 Å². The molecule has 2 unspecified atom stereocenters. The molecule has 0 aliphatic carbocycles. The largest absolute Gasteiger partial charge is 0.469 e. The number of nitrogens with zero attached hydrogens (tertiary/aromatic N) is 3. The van der Waals surface area contributed by atoms with Crippen molar-refractivity contribution in [2.75, 3.05) is 20.7 Å². The minimum absolute atomic E-state index is 0.260. The van der Waals surface area contributed by atoms with E-state index in [0.717, 1.165) is 0 Å². The van der Waals surface area contributed by atoms with Crippen molar-refractivity contribution in [3.8, 4) is 0 Å². The van der Waals surface area contributed by atoms with E-state index in [1.807, 2.05) is 0 Å². The number of ether oxygens (including phenoxy) is 1. The molecular formula is C12H20N4O3. The van der Waals surface area contributed by atoms with E-state index in [0.29, 0.717) is 5.56 Å². The van der Waals surface area contributed by atoms with Crippen molar-refractivity contribution in [2.24, 2.45) is 18.7 Å². The highest BCUT2D eigenvalue weighted by atomic mass is 16.5. The molecule has 106 valence electrons. The minimum Gasteiger partial charge on any atom is -0.469 e. The fourth-order valence-electron chi connectivity index (χ4n) is 1.76. The Balaban J connectivity index is 2.64. The van der Waals surface area contributed by atoms with Crippen molar-refractivity contribution in [2.45, 2.75) is 13.0 Å². The van der Waals surface area contributed by atoms with Gasteiger partial charge in [-0.1, -0.05) is 6.92 Å². The molecule has 0 spiro atoms. The second kappa shape index (κ2) is 6.33. The second-order valence-electron chi connectivity index (χ2n) is 4.57. The van der Waals surface area contributed by atoms with Crippen LogP contribution < -0.4 is 5.73 Å². The lowest BCUT2D eigenvalue weighted by atomic mass is 10.1. The van der Waals surface area contributed by atoms with E-state index in [-0.39, 0.29) is 24.3 Å². The van der Waals surface area contributed by atoms with Crippen molar-refractivity contribution < 1.29 is 14.3 Å². The van der Waals surface area contributed by atoms with E-state index in [9.17, 15) is 9.59 Å². The van der Waals surface area contributed by atoms with Crippen molar-refractivity contribution in [3.05, 3.63) is 18.0 Å². The molecule has 1 heterocycles. The maximum absolute atomic E-state index is 12.1. The Bertz CT molecular complexity index is 458. The van der Waals surface area contributed by atoms with Crippen LogP contribution in [0.3, 0.4) is 0 Å². The van der Waals surface area contributed by atoms with Crippen LogP contribution in [0.1, 0.15) is 18.5 Å². The van der Waals surface area contributed by atoms with Gasteiger partial charge in [-0.05, 0) is 0 Å². The van der Waals surface area contributed by atoms with Gasteiger partial charge in [-0.15, -0.1) is 0 Å². The lowest BCUT2D eigenvalue weighted by molar-refractivity contribution is -0.146. The summed E-state index contributed by atoms with van der Waals surface area (Å²) in [5, 5.41) is 3.97. The van der Waals surface area contributed by atoms with Gasteiger partial charge in [-0.2, -0.15) is 5.10 Å². The van der Waals surface area contributed by atoms with Crippen LogP contribution in [-0.4, -0.2) is 47.3 Å². The highest BCUT2D eigenvalue weighted by Gasteiger charge is 2.24.